The topological polar surface area (TPSA) is 45.2 Å². The fraction of sp³-hybridized carbons (Fsp3) is 0.524. The fourth-order valence-corrected chi connectivity index (χ4v) is 4.36. The number of carbonyl (C=O) groups excluding carboxylic acids is 1. The van der Waals surface area contributed by atoms with Crippen molar-refractivity contribution in [3.05, 3.63) is 51.0 Å². The summed E-state index contributed by atoms with van der Waals surface area (Å²) in [5.41, 5.74) is 3.59. The first-order chi connectivity index (χ1) is 12.3. The molecule has 1 aliphatic rings. The highest BCUT2D eigenvalue weighted by Gasteiger charge is 2.30. The van der Waals surface area contributed by atoms with E-state index in [4.69, 9.17) is 0 Å². The van der Waals surface area contributed by atoms with Gasteiger partial charge in [-0.25, -0.2) is 4.98 Å². The van der Waals surface area contributed by atoms with Gasteiger partial charge in [-0.05, 0) is 38.3 Å². The Morgan fingerprint density at radius 3 is 2.65 bits per heavy atom. The van der Waals surface area contributed by atoms with Gasteiger partial charge in [-0.15, -0.1) is 11.3 Å². The number of rotatable bonds is 5. The lowest BCUT2D eigenvalue weighted by molar-refractivity contribution is 0.0828. The van der Waals surface area contributed by atoms with Crippen molar-refractivity contribution < 1.29 is 4.79 Å². The smallest absolute Gasteiger partial charge is 0.263 e. The van der Waals surface area contributed by atoms with Crippen LogP contribution in [0.3, 0.4) is 0 Å². The van der Waals surface area contributed by atoms with Crippen LogP contribution in [-0.4, -0.2) is 34.4 Å². The van der Waals surface area contributed by atoms with Crippen molar-refractivity contribution in [1.82, 2.24) is 15.2 Å². The van der Waals surface area contributed by atoms with Gasteiger partial charge < -0.3 is 5.32 Å². The van der Waals surface area contributed by atoms with Crippen LogP contribution in [0.2, 0.25) is 0 Å². The highest BCUT2D eigenvalue weighted by Crippen LogP contribution is 2.26. The molecular weight excluding hydrogens is 342 g/mol. The van der Waals surface area contributed by atoms with Crippen LogP contribution in [-0.2, 0) is 13.0 Å². The second-order valence-electron chi connectivity index (χ2n) is 8.06. The lowest BCUT2D eigenvalue weighted by atomic mass is 9.94. The van der Waals surface area contributed by atoms with E-state index in [0.29, 0.717) is 12.5 Å². The summed E-state index contributed by atoms with van der Waals surface area (Å²) in [6.07, 6.45) is 1.07. The van der Waals surface area contributed by atoms with Crippen molar-refractivity contribution >= 4 is 17.2 Å². The average Bonchev–Trinajstić information content (AvgIpc) is 3.01. The SMILES string of the molecule is Cc1nc(C(C)C)sc1C(=O)NCC(C)(C)N1CCc2ccccc2C1. The number of fused-ring (bicyclic) bond motifs is 1. The van der Waals surface area contributed by atoms with Gasteiger partial charge in [0.25, 0.3) is 5.91 Å². The number of nitrogens with one attached hydrogen (secondary N) is 1. The van der Waals surface area contributed by atoms with E-state index in [-0.39, 0.29) is 11.4 Å². The first-order valence-corrected chi connectivity index (χ1v) is 10.2. The van der Waals surface area contributed by atoms with Gasteiger partial charge in [-0.1, -0.05) is 38.1 Å². The lowest BCUT2D eigenvalue weighted by Crippen LogP contribution is -2.53. The van der Waals surface area contributed by atoms with E-state index in [1.165, 1.54) is 22.5 Å². The zero-order valence-corrected chi connectivity index (χ0v) is 17.2. The zero-order valence-electron chi connectivity index (χ0n) is 16.4. The molecule has 2 heterocycles. The lowest BCUT2D eigenvalue weighted by Gasteiger charge is -2.41. The van der Waals surface area contributed by atoms with Gasteiger partial charge in [-0.3, -0.25) is 9.69 Å². The molecule has 0 bridgehead atoms. The second-order valence-corrected chi connectivity index (χ2v) is 9.09. The summed E-state index contributed by atoms with van der Waals surface area (Å²) in [6.45, 7) is 13.1. The number of aryl methyl sites for hydroxylation is 1. The van der Waals surface area contributed by atoms with E-state index in [1.54, 1.807) is 0 Å². The summed E-state index contributed by atoms with van der Waals surface area (Å²) in [5.74, 6) is 0.350. The molecule has 0 spiro atoms. The third-order valence-electron chi connectivity index (χ3n) is 5.18. The summed E-state index contributed by atoms with van der Waals surface area (Å²) in [7, 11) is 0. The van der Waals surface area contributed by atoms with Crippen molar-refractivity contribution in [2.24, 2.45) is 0 Å². The summed E-state index contributed by atoms with van der Waals surface area (Å²) < 4.78 is 0. The van der Waals surface area contributed by atoms with Crippen LogP contribution in [0.15, 0.2) is 24.3 Å². The third-order valence-corrected chi connectivity index (χ3v) is 6.64. The number of carbonyl (C=O) groups is 1. The minimum absolute atomic E-state index is 0.00242. The van der Waals surface area contributed by atoms with Gasteiger partial charge in [0.15, 0.2) is 0 Å². The van der Waals surface area contributed by atoms with Gasteiger partial charge in [0.1, 0.15) is 4.88 Å². The minimum atomic E-state index is -0.0946. The Morgan fingerprint density at radius 2 is 2.00 bits per heavy atom. The van der Waals surface area contributed by atoms with Gasteiger partial charge >= 0.3 is 0 Å². The molecule has 0 atom stereocenters. The van der Waals surface area contributed by atoms with E-state index in [0.717, 1.165) is 35.1 Å². The fourth-order valence-electron chi connectivity index (χ4n) is 3.38. The van der Waals surface area contributed by atoms with Crippen LogP contribution in [0, 0.1) is 6.92 Å². The highest BCUT2D eigenvalue weighted by atomic mass is 32.1. The van der Waals surface area contributed by atoms with Crippen molar-refractivity contribution in [2.75, 3.05) is 13.1 Å². The molecule has 1 aromatic heterocycles. The maximum atomic E-state index is 12.7. The van der Waals surface area contributed by atoms with Crippen molar-refractivity contribution in [2.45, 2.75) is 59.0 Å². The predicted molar refractivity (Wildman–Crippen MR) is 108 cm³/mol. The molecule has 0 unspecified atom stereocenters. The largest absolute Gasteiger partial charge is 0.349 e. The summed E-state index contributed by atoms with van der Waals surface area (Å²) in [5, 5.41) is 4.17. The number of nitrogens with zero attached hydrogens (tertiary/aromatic N) is 2. The van der Waals surface area contributed by atoms with Crippen molar-refractivity contribution in [3.8, 4) is 0 Å². The van der Waals surface area contributed by atoms with Crippen LogP contribution >= 0.6 is 11.3 Å². The number of amides is 1. The number of hydrogen-bond donors (Lipinski definition) is 1. The van der Waals surface area contributed by atoms with Crippen LogP contribution in [0.1, 0.15) is 65.1 Å². The third kappa shape index (κ3) is 3.99. The Balaban J connectivity index is 1.64. The number of aromatic nitrogens is 1. The standard InChI is InChI=1S/C21H29N3OS/c1-14(2)20-23-15(3)18(26-20)19(25)22-13-21(4,5)24-11-10-16-8-6-7-9-17(16)12-24/h6-9,14H,10-13H2,1-5H3,(H,22,25). The van der Waals surface area contributed by atoms with E-state index in [9.17, 15) is 4.79 Å². The minimum Gasteiger partial charge on any atom is -0.349 e. The molecule has 0 saturated heterocycles. The summed E-state index contributed by atoms with van der Waals surface area (Å²) >= 11 is 1.52. The first kappa shape index (κ1) is 19.1. The molecule has 4 nitrogen and oxygen atoms in total. The molecular formula is C21H29N3OS. The van der Waals surface area contributed by atoms with E-state index >= 15 is 0 Å². The van der Waals surface area contributed by atoms with E-state index < -0.39 is 0 Å². The number of benzene rings is 1. The zero-order chi connectivity index (χ0) is 18.9. The Kier molecular flexibility index (Phi) is 5.49. The Bertz CT molecular complexity index is 794. The molecule has 0 fully saturated rings. The van der Waals surface area contributed by atoms with Crippen LogP contribution < -0.4 is 5.32 Å². The highest BCUT2D eigenvalue weighted by molar-refractivity contribution is 7.13. The molecule has 1 aromatic carbocycles. The van der Waals surface area contributed by atoms with Gasteiger partial charge in [0, 0.05) is 31.1 Å². The summed E-state index contributed by atoms with van der Waals surface area (Å²) in [4.78, 5) is 20.4. The molecule has 140 valence electrons. The molecule has 0 aliphatic carbocycles. The molecule has 1 aliphatic heterocycles. The van der Waals surface area contributed by atoms with Gasteiger partial charge in [0.2, 0.25) is 0 Å². The van der Waals surface area contributed by atoms with E-state index in [1.807, 2.05) is 6.92 Å². The maximum absolute atomic E-state index is 12.7. The Labute approximate surface area is 160 Å². The quantitative estimate of drug-likeness (QED) is 0.859. The van der Waals surface area contributed by atoms with Crippen LogP contribution in [0.4, 0.5) is 0 Å². The number of hydrogen-bond acceptors (Lipinski definition) is 4. The summed E-state index contributed by atoms with van der Waals surface area (Å²) in [6, 6.07) is 8.66. The molecule has 2 aromatic rings. The molecule has 0 radical (unpaired) electrons. The second kappa shape index (κ2) is 7.49. The first-order valence-electron chi connectivity index (χ1n) is 9.35. The Morgan fingerprint density at radius 1 is 1.31 bits per heavy atom. The molecule has 1 amide bonds. The molecule has 1 N–H and O–H groups in total. The van der Waals surface area contributed by atoms with E-state index in [2.05, 4.69) is 67.2 Å². The maximum Gasteiger partial charge on any atom is 0.263 e. The Hall–Kier alpha value is -1.72. The normalized spacial score (nSPS) is 15.2. The van der Waals surface area contributed by atoms with Gasteiger partial charge in [-0.2, -0.15) is 0 Å². The van der Waals surface area contributed by atoms with Gasteiger partial charge in [0.05, 0.1) is 10.7 Å². The number of thiazole rings is 1. The monoisotopic (exact) mass is 371 g/mol. The van der Waals surface area contributed by atoms with Crippen molar-refractivity contribution in [3.63, 3.8) is 0 Å². The van der Waals surface area contributed by atoms with Crippen LogP contribution in [0.5, 0.6) is 0 Å². The molecule has 5 heteroatoms. The van der Waals surface area contributed by atoms with Crippen LogP contribution in [0.25, 0.3) is 0 Å². The molecule has 26 heavy (non-hydrogen) atoms. The predicted octanol–water partition coefficient (Wildman–Crippen LogP) is 4.14. The van der Waals surface area contributed by atoms with Crippen molar-refractivity contribution in [1.29, 1.82) is 0 Å². The molecule has 3 rings (SSSR count). The average molecular weight is 372 g/mol. The molecule has 0 saturated carbocycles.